The van der Waals surface area contributed by atoms with Crippen LogP contribution in [-0.2, 0) is 4.79 Å². The summed E-state index contributed by atoms with van der Waals surface area (Å²) in [5.74, 6) is 0.433. The van der Waals surface area contributed by atoms with Gasteiger partial charge in [-0.1, -0.05) is 72.4 Å². The van der Waals surface area contributed by atoms with Crippen LogP contribution in [0.5, 0.6) is 0 Å². The highest BCUT2D eigenvalue weighted by Crippen LogP contribution is 2.29. The second-order valence-electron chi connectivity index (χ2n) is 7.49. The number of rotatable bonds is 6. The molecule has 1 aliphatic rings. The number of anilines is 1. The Balaban J connectivity index is 1.37. The highest BCUT2D eigenvalue weighted by molar-refractivity contribution is 7.99. The Morgan fingerprint density at radius 1 is 1.03 bits per heavy atom. The minimum atomic E-state index is 0.0529. The molecule has 8 heteroatoms. The van der Waals surface area contributed by atoms with E-state index in [0.717, 1.165) is 13.1 Å². The van der Waals surface area contributed by atoms with Gasteiger partial charge in [0.15, 0.2) is 5.16 Å². The van der Waals surface area contributed by atoms with Gasteiger partial charge in [-0.05, 0) is 11.1 Å². The molecule has 0 aliphatic carbocycles. The second kappa shape index (κ2) is 10.3. The summed E-state index contributed by atoms with van der Waals surface area (Å²) in [6, 6.07) is 23.1. The SMILES string of the molecule is N#Cc1cnc(SCC(=O)N2CCN(C(c3ccccc3)c3ccccc3)CC2)nc1N. The molecule has 1 saturated heterocycles. The van der Waals surface area contributed by atoms with Crippen LogP contribution < -0.4 is 5.73 Å². The molecule has 0 atom stereocenters. The molecule has 1 amide bonds. The van der Waals surface area contributed by atoms with Gasteiger partial charge in [-0.2, -0.15) is 5.26 Å². The molecular formula is C24H24N6OS. The predicted molar refractivity (Wildman–Crippen MR) is 125 cm³/mol. The van der Waals surface area contributed by atoms with Crippen molar-refractivity contribution in [2.24, 2.45) is 0 Å². The lowest BCUT2D eigenvalue weighted by Crippen LogP contribution is -2.50. The molecule has 2 aromatic carbocycles. The van der Waals surface area contributed by atoms with Gasteiger partial charge < -0.3 is 10.6 Å². The van der Waals surface area contributed by atoms with E-state index in [1.807, 2.05) is 23.1 Å². The summed E-state index contributed by atoms with van der Waals surface area (Å²) in [5, 5.41) is 9.33. The summed E-state index contributed by atoms with van der Waals surface area (Å²) in [6.45, 7) is 2.94. The fourth-order valence-corrected chi connectivity index (χ4v) is 4.59. The normalized spacial score (nSPS) is 14.3. The van der Waals surface area contributed by atoms with Gasteiger partial charge in [0.05, 0.1) is 18.0 Å². The Bertz CT molecular complexity index is 1050. The fraction of sp³-hybridized carbons (Fsp3) is 0.250. The maximum atomic E-state index is 12.7. The summed E-state index contributed by atoms with van der Waals surface area (Å²) < 4.78 is 0. The molecule has 0 unspecified atom stereocenters. The van der Waals surface area contributed by atoms with E-state index in [9.17, 15) is 4.79 Å². The van der Waals surface area contributed by atoms with Crippen LogP contribution >= 0.6 is 11.8 Å². The molecule has 0 radical (unpaired) electrons. The largest absolute Gasteiger partial charge is 0.382 e. The summed E-state index contributed by atoms with van der Waals surface area (Å²) in [7, 11) is 0. The summed E-state index contributed by atoms with van der Waals surface area (Å²) in [6.07, 6.45) is 1.39. The molecule has 0 bridgehead atoms. The summed E-state index contributed by atoms with van der Waals surface area (Å²) in [5.41, 5.74) is 8.48. The Kier molecular flexibility index (Phi) is 7.00. The third-order valence-electron chi connectivity index (χ3n) is 5.50. The lowest BCUT2D eigenvalue weighted by atomic mass is 9.96. The molecule has 162 valence electrons. The molecule has 3 aromatic rings. The number of carbonyl (C=O) groups excluding carboxylic acids is 1. The van der Waals surface area contributed by atoms with E-state index >= 15 is 0 Å². The van der Waals surface area contributed by atoms with Crippen molar-refractivity contribution < 1.29 is 4.79 Å². The Morgan fingerprint density at radius 3 is 2.16 bits per heavy atom. The van der Waals surface area contributed by atoms with Crippen molar-refractivity contribution >= 4 is 23.5 Å². The van der Waals surface area contributed by atoms with Gasteiger partial charge in [0.25, 0.3) is 0 Å². The number of hydrogen-bond acceptors (Lipinski definition) is 7. The standard InChI is InChI=1S/C24H24N6OS/c25-15-20-16-27-24(28-23(20)26)32-17-21(31)29-11-13-30(14-12-29)22(18-7-3-1-4-8-18)19-9-5-2-6-10-19/h1-10,16,22H,11-14,17H2,(H2,26,27,28). The zero-order valence-electron chi connectivity index (χ0n) is 17.6. The smallest absolute Gasteiger partial charge is 0.233 e. The summed E-state index contributed by atoms with van der Waals surface area (Å²) >= 11 is 1.24. The van der Waals surface area contributed by atoms with Crippen molar-refractivity contribution in [1.82, 2.24) is 19.8 Å². The lowest BCUT2D eigenvalue weighted by molar-refractivity contribution is -0.130. The first kappa shape index (κ1) is 21.8. The number of nitrogens with two attached hydrogens (primary N) is 1. The minimum Gasteiger partial charge on any atom is -0.382 e. The van der Waals surface area contributed by atoms with Crippen molar-refractivity contribution in [2.45, 2.75) is 11.2 Å². The van der Waals surface area contributed by atoms with Crippen LogP contribution in [0.15, 0.2) is 72.0 Å². The van der Waals surface area contributed by atoms with Crippen molar-refractivity contribution in [2.75, 3.05) is 37.7 Å². The van der Waals surface area contributed by atoms with Crippen molar-refractivity contribution in [3.63, 3.8) is 0 Å². The number of nitrogens with zero attached hydrogens (tertiary/aromatic N) is 5. The van der Waals surface area contributed by atoms with E-state index in [1.54, 1.807) is 0 Å². The number of nitriles is 1. The number of nitrogen functional groups attached to an aromatic ring is 1. The summed E-state index contributed by atoms with van der Waals surface area (Å²) in [4.78, 5) is 25.3. The predicted octanol–water partition coefficient (Wildman–Crippen LogP) is 2.96. The Hall–Kier alpha value is -3.41. The Labute approximate surface area is 191 Å². The molecule has 0 saturated carbocycles. The van der Waals surface area contributed by atoms with E-state index in [2.05, 4.69) is 63.4 Å². The van der Waals surface area contributed by atoms with Gasteiger partial charge >= 0.3 is 0 Å². The average Bonchev–Trinajstić information content (AvgIpc) is 2.84. The average molecular weight is 445 g/mol. The zero-order valence-corrected chi connectivity index (χ0v) is 18.4. The molecule has 1 aliphatic heterocycles. The molecule has 7 nitrogen and oxygen atoms in total. The highest BCUT2D eigenvalue weighted by Gasteiger charge is 2.28. The van der Waals surface area contributed by atoms with Gasteiger partial charge in [-0.15, -0.1) is 0 Å². The quantitative estimate of drug-likeness (QED) is 0.461. The highest BCUT2D eigenvalue weighted by atomic mass is 32.2. The van der Waals surface area contributed by atoms with E-state index in [4.69, 9.17) is 11.0 Å². The van der Waals surface area contributed by atoms with Gasteiger partial charge in [0.2, 0.25) is 5.91 Å². The first-order chi connectivity index (χ1) is 15.7. The van der Waals surface area contributed by atoms with Crippen molar-refractivity contribution in [3.8, 4) is 6.07 Å². The van der Waals surface area contributed by atoms with E-state index in [-0.39, 0.29) is 29.1 Å². The maximum Gasteiger partial charge on any atom is 0.233 e. The number of amides is 1. The fourth-order valence-electron chi connectivity index (χ4n) is 3.87. The van der Waals surface area contributed by atoms with Crippen LogP contribution in [0, 0.1) is 11.3 Å². The molecule has 32 heavy (non-hydrogen) atoms. The van der Waals surface area contributed by atoms with Crippen LogP contribution in [0.2, 0.25) is 0 Å². The Morgan fingerprint density at radius 2 is 1.62 bits per heavy atom. The van der Waals surface area contributed by atoms with Gasteiger partial charge in [0, 0.05) is 26.2 Å². The number of thioether (sulfide) groups is 1. The zero-order chi connectivity index (χ0) is 22.3. The number of hydrogen-bond donors (Lipinski definition) is 1. The first-order valence-corrected chi connectivity index (χ1v) is 11.4. The van der Waals surface area contributed by atoms with Gasteiger partial charge in [0.1, 0.15) is 17.5 Å². The molecular weight excluding hydrogens is 420 g/mol. The molecule has 4 rings (SSSR count). The number of aromatic nitrogens is 2. The third-order valence-corrected chi connectivity index (χ3v) is 6.35. The van der Waals surface area contributed by atoms with Crippen LogP contribution in [0.4, 0.5) is 5.82 Å². The van der Waals surface area contributed by atoms with Crippen LogP contribution in [-0.4, -0.2) is 57.6 Å². The lowest BCUT2D eigenvalue weighted by Gasteiger charge is -2.39. The number of piperazine rings is 1. The van der Waals surface area contributed by atoms with Gasteiger partial charge in [-0.3, -0.25) is 9.69 Å². The van der Waals surface area contributed by atoms with E-state index in [1.165, 1.54) is 29.1 Å². The van der Waals surface area contributed by atoms with Crippen molar-refractivity contribution in [3.05, 3.63) is 83.6 Å². The molecule has 1 aromatic heterocycles. The van der Waals surface area contributed by atoms with E-state index in [0.29, 0.717) is 18.2 Å². The molecule has 1 fully saturated rings. The molecule has 2 heterocycles. The van der Waals surface area contributed by atoms with Crippen LogP contribution in [0.3, 0.4) is 0 Å². The van der Waals surface area contributed by atoms with Crippen LogP contribution in [0.25, 0.3) is 0 Å². The van der Waals surface area contributed by atoms with E-state index < -0.39 is 0 Å². The number of carbonyl (C=O) groups is 1. The monoisotopic (exact) mass is 444 g/mol. The van der Waals surface area contributed by atoms with Crippen molar-refractivity contribution in [1.29, 1.82) is 5.26 Å². The number of benzene rings is 2. The maximum absolute atomic E-state index is 12.7. The molecule has 2 N–H and O–H groups in total. The minimum absolute atomic E-state index is 0.0529. The molecule has 0 spiro atoms. The second-order valence-corrected chi connectivity index (χ2v) is 8.44. The first-order valence-electron chi connectivity index (χ1n) is 10.4. The third kappa shape index (κ3) is 5.07. The van der Waals surface area contributed by atoms with Crippen LogP contribution in [0.1, 0.15) is 22.7 Å². The van der Waals surface area contributed by atoms with Gasteiger partial charge in [-0.25, -0.2) is 9.97 Å². The topological polar surface area (TPSA) is 99.1 Å².